The van der Waals surface area contributed by atoms with E-state index in [2.05, 4.69) is 58.3 Å². The first kappa shape index (κ1) is 21.1. The van der Waals surface area contributed by atoms with Crippen molar-refractivity contribution in [2.45, 2.75) is 0 Å². The van der Waals surface area contributed by atoms with Gasteiger partial charge in [0.05, 0.1) is 15.2 Å². The second kappa shape index (κ2) is 9.73. The van der Waals surface area contributed by atoms with Crippen LogP contribution < -0.4 is 10.2 Å². The Hall–Kier alpha value is -1.61. The number of furan rings is 1. The molecule has 0 bridgehead atoms. The largest absolute Gasteiger partial charge is 0.481 e. The highest BCUT2D eigenvalue weighted by molar-refractivity contribution is 9.11. The van der Waals surface area contributed by atoms with Crippen LogP contribution in [0.4, 0.5) is 0 Å². The van der Waals surface area contributed by atoms with Gasteiger partial charge in [-0.15, -0.1) is 0 Å². The Labute approximate surface area is 191 Å². The lowest BCUT2D eigenvalue weighted by atomic mass is 10.2. The van der Waals surface area contributed by atoms with Crippen molar-refractivity contribution in [1.29, 1.82) is 0 Å². The van der Waals surface area contributed by atoms with Crippen LogP contribution in [0.15, 0.2) is 71.5 Å². The SMILES string of the molecule is O=C(COc1c(Br)cc(Br)cc1Br)N/N=C/c1ccc(-c2cccc(Cl)c2)o1. The van der Waals surface area contributed by atoms with Crippen LogP contribution in [-0.4, -0.2) is 18.7 Å². The number of ether oxygens (including phenoxy) is 1. The molecule has 5 nitrogen and oxygen atoms in total. The zero-order valence-electron chi connectivity index (χ0n) is 14.1. The van der Waals surface area contributed by atoms with Crippen molar-refractivity contribution in [3.05, 3.63) is 72.7 Å². The summed E-state index contributed by atoms with van der Waals surface area (Å²) in [6.45, 7) is -0.192. The molecule has 0 fully saturated rings. The molecule has 28 heavy (non-hydrogen) atoms. The van der Waals surface area contributed by atoms with Gasteiger partial charge in [-0.05, 0) is 68.3 Å². The number of nitrogens with zero attached hydrogens (tertiary/aromatic N) is 1. The number of hydrogen-bond donors (Lipinski definition) is 1. The third-order valence-electron chi connectivity index (χ3n) is 3.43. The molecule has 0 radical (unpaired) electrons. The summed E-state index contributed by atoms with van der Waals surface area (Å²) in [6.07, 6.45) is 1.41. The molecule has 2 aromatic carbocycles. The van der Waals surface area contributed by atoms with Gasteiger partial charge in [-0.25, -0.2) is 5.43 Å². The molecule has 3 aromatic rings. The highest BCUT2D eigenvalue weighted by Gasteiger charge is 2.10. The molecule has 3 rings (SSSR count). The number of benzene rings is 2. The molecule has 0 atom stereocenters. The first-order chi connectivity index (χ1) is 13.4. The molecule has 144 valence electrons. The molecule has 0 aliphatic rings. The van der Waals surface area contributed by atoms with Gasteiger partial charge >= 0.3 is 0 Å². The highest BCUT2D eigenvalue weighted by Crippen LogP contribution is 2.36. The summed E-state index contributed by atoms with van der Waals surface area (Å²) in [4.78, 5) is 11.9. The summed E-state index contributed by atoms with van der Waals surface area (Å²) in [6, 6.07) is 14.5. The molecule has 1 aromatic heterocycles. The number of hydrazone groups is 1. The molecule has 9 heteroatoms. The summed E-state index contributed by atoms with van der Waals surface area (Å²) in [7, 11) is 0. The summed E-state index contributed by atoms with van der Waals surface area (Å²) in [5.41, 5.74) is 3.25. The molecule has 0 aliphatic heterocycles. The summed E-state index contributed by atoms with van der Waals surface area (Å²) >= 11 is 16.1. The predicted octanol–water partition coefficient (Wildman–Crippen LogP) is 6.42. The Morgan fingerprint density at radius 1 is 1.14 bits per heavy atom. The Morgan fingerprint density at radius 3 is 2.61 bits per heavy atom. The topological polar surface area (TPSA) is 63.8 Å². The third-order valence-corrected chi connectivity index (χ3v) is 5.30. The zero-order valence-corrected chi connectivity index (χ0v) is 19.6. The van der Waals surface area contributed by atoms with Crippen LogP contribution in [0.3, 0.4) is 0 Å². The number of carbonyl (C=O) groups excluding carboxylic acids is 1. The van der Waals surface area contributed by atoms with Crippen molar-refractivity contribution in [2.24, 2.45) is 5.10 Å². The standard InChI is InChI=1S/C19H12Br3ClN2O3/c20-12-7-15(21)19(16(22)8-12)27-10-18(26)25-24-9-14-4-5-17(28-14)11-2-1-3-13(23)6-11/h1-9H,10H2,(H,25,26)/b24-9+. The lowest BCUT2D eigenvalue weighted by Gasteiger charge is -2.09. The zero-order chi connectivity index (χ0) is 20.1. The minimum Gasteiger partial charge on any atom is -0.481 e. The van der Waals surface area contributed by atoms with Gasteiger partial charge in [0.25, 0.3) is 5.91 Å². The maximum atomic E-state index is 11.9. The van der Waals surface area contributed by atoms with Crippen molar-refractivity contribution >= 4 is 71.5 Å². The predicted molar refractivity (Wildman–Crippen MR) is 120 cm³/mol. The monoisotopic (exact) mass is 588 g/mol. The average molecular weight is 591 g/mol. The van der Waals surface area contributed by atoms with E-state index in [0.29, 0.717) is 31.2 Å². The molecule has 0 saturated heterocycles. The van der Waals surface area contributed by atoms with Gasteiger partial charge in [-0.2, -0.15) is 5.10 Å². The smallest absolute Gasteiger partial charge is 0.277 e. The first-order valence-electron chi connectivity index (χ1n) is 7.87. The van der Waals surface area contributed by atoms with Crippen LogP contribution in [0.2, 0.25) is 5.02 Å². The van der Waals surface area contributed by atoms with Gasteiger partial charge in [0.1, 0.15) is 17.3 Å². The van der Waals surface area contributed by atoms with Crippen molar-refractivity contribution in [3.8, 4) is 17.1 Å². The second-order valence-electron chi connectivity index (χ2n) is 5.49. The molecule has 0 unspecified atom stereocenters. The van der Waals surface area contributed by atoms with Gasteiger partial charge in [0, 0.05) is 15.1 Å². The van der Waals surface area contributed by atoms with Gasteiger partial charge in [-0.3, -0.25) is 4.79 Å². The minimum absolute atomic E-state index is 0.192. The van der Waals surface area contributed by atoms with Crippen molar-refractivity contribution in [3.63, 3.8) is 0 Å². The number of hydrogen-bond acceptors (Lipinski definition) is 4. The Kier molecular flexibility index (Phi) is 7.34. The van der Waals surface area contributed by atoms with Crippen LogP contribution in [0.5, 0.6) is 5.75 Å². The minimum atomic E-state index is -0.403. The Morgan fingerprint density at radius 2 is 1.89 bits per heavy atom. The molecule has 1 amide bonds. The lowest BCUT2D eigenvalue weighted by molar-refractivity contribution is -0.123. The van der Waals surface area contributed by atoms with E-state index < -0.39 is 5.91 Å². The van der Waals surface area contributed by atoms with Crippen molar-refractivity contribution in [2.75, 3.05) is 6.61 Å². The fourth-order valence-electron chi connectivity index (χ4n) is 2.22. The van der Waals surface area contributed by atoms with E-state index in [1.165, 1.54) is 6.21 Å². The molecule has 0 aliphatic carbocycles. The molecule has 0 saturated carbocycles. The van der Waals surface area contributed by atoms with Crippen LogP contribution in [0.1, 0.15) is 5.76 Å². The van der Waals surface area contributed by atoms with Gasteiger partial charge < -0.3 is 9.15 Å². The lowest BCUT2D eigenvalue weighted by Crippen LogP contribution is -2.24. The molecule has 0 spiro atoms. The summed E-state index contributed by atoms with van der Waals surface area (Å²) in [5.74, 6) is 1.28. The highest BCUT2D eigenvalue weighted by atomic mass is 79.9. The summed E-state index contributed by atoms with van der Waals surface area (Å²) in [5, 5.41) is 4.51. The Bertz CT molecular complexity index is 1010. The van der Waals surface area contributed by atoms with Crippen LogP contribution >= 0.6 is 59.4 Å². The third kappa shape index (κ3) is 5.70. The molecule has 1 heterocycles. The summed E-state index contributed by atoms with van der Waals surface area (Å²) < 4.78 is 13.5. The maximum Gasteiger partial charge on any atom is 0.277 e. The van der Waals surface area contributed by atoms with E-state index in [1.807, 2.05) is 24.3 Å². The van der Waals surface area contributed by atoms with E-state index in [9.17, 15) is 4.79 Å². The quantitative estimate of drug-likeness (QED) is 0.266. The molecular formula is C19H12Br3ClN2O3. The van der Waals surface area contributed by atoms with E-state index in [1.54, 1.807) is 24.3 Å². The number of rotatable bonds is 6. The first-order valence-corrected chi connectivity index (χ1v) is 10.6. The van der Waals surface area contributed by atoms with Crippen LogP contribution in [-0.2, 0) is 4.79 Å². The van der Waals surface area contributed by atoms with E-state index in [-0.39, 0.29) is 6.61 Å². The molecule has 1 N–H and O–H groups in total. The van der Waals surface area contributed by atoms with Gasteiger partial charge in [-0.1, -0.05) is 39.7 Å². The second-order valence-corrected chi connectivity index (χ2v) is 8.55. The average Bonchev–Trinajstić information content (AvgIpc) is 3.10. The number of amides is 1. The number of nitrogens with one attached hydrogen (secondary N) is 1. The van der Waals surface area contributed by atoms with Crippen LogP contribution in [0.25, 0.3) is 11.3 Å². The van der Waals surface area contributed by atoms with Gasteiger partial charge in [0.15, 0.2) is 6.61 Å². The fourth-order valence-corrected chi connectivity index (χ4v) is 4.90. The van der Waals surface area contributed by atoms with E-state index >= 15 is 0 Å². The fraction of sp³-hybridized carbons (Fsp3) is 0.0526. The number of halogens is 4. The van der Waals surface area contributed by atoms with E-state index in [0.717, 1.165) is 10.0 Å². The number of carbonyl (C=O) groups is 1. The van der Waals surface area contributed by atoms with Crippen molar-refractivity contribution < 1.29 is 13.9 Å². The van der Waals surface area contributed by atoms with Crippen LogP contribution in [0, 0.1) is 0 Å². The van der Waals surface area contributed by atoms with Gasteiger partial charge in [0.2, 0.25) is 0 Å². The molecular weight excluding hydrogens is 579 g/mol. The van der Waals surface area contributed by atoms with Crippen molar-refractivity contribution in [1.82, 2.24) is 5.43 Å². The Balaban J connectivity index is 1.54. The maximum absolute atomic E-state index is 11.9. The normalized spacial score (nSPS) is 11.0. The van der Waals surface area contributed by atoms with E-state index in [4.69, 9.17) is 20.8 Å².